The van der Waals surface area contributed by atoms with Gasteiger partial charge in [0.1, 0.15) is 5.75 Å². The maximum Gasteiger partial charge on any atom is 0.243 e. The van der Waals surface area contributed by atoms with Crippen molar-refractivity contribution < 1.29 is 14.3 Å². The van der Waals surface area contributed by atoms with E-state index < -0.39 is 0 Å². The molecule has 6 heteroatoms. The zero-order valence-electron chi connectivity index (χ0n) is 16.2. The van der Waals surface area contributed by atoms with Crippen LogP contribution in [0.15, 0.2) is 60.7 Å². The molecule has 0 fully saturated rings. The van der Waals surface area contributed by atoms with E-state index in [2.05, 4.69) is 22.8 Å². The standard InChI is InChI=1S/C22H23N3O3/c1-15(26)23-18-9-11-21(28-3)20(13-18)24-22(27)14-25(2)19-10-8-16-6-4-5-7-17(16)12-19/h4-13H,14H2,1-3H3,(H,23,26)(H,24,27). The Balaban J connectivity index is 1.72. The summed E-state index contributed by atoms with van der Waals surface area (Å²) in [7, 11) is 3.40. The van der Waals surface area contributed by atoms with Gasteiger partial charge in [-0.1, -0.05) is 30.3 Å². The van der Waals surface area contributed by atoms with Gasteiger partial charge in [0, 0.05) is 25.3 Å². The molecule has 0 heterocycles. The number of carbonyl (C=O) groups excluding carboxylic acids is 2. The molecule has 0 radical (unpaired) electrons. The molecule has 3 aromatic rings. The average Bonchev–Trinajstić information content (AvgIpc) is 2.67. The summed E-state index contributed by atoms with van der Waals surface area (Å²) in [4.78, 5) is 25.7. The summed E-state index contributed by atoms with van der Waals surface area (Å²) in [5.74, 6) is 0.156. The van der Waals surface area contributed by atoms with Crippen LogP contribution >= 0.6 is 0 Å². The molecule has 0 aliphatic heterocycles. The van der Waals surface area contributed by atoms with Crippen LogP contribution < -0.4 is 20.3 Å². The number of nitrogens with one attached hydrogen (secondary N) is 2. The molecule has 2 amide bonds. The van der Waals surface area contributed by atoms with Crippen molar-refractivity contribution in [1.29, 1.82) is 0 Å². The lowest BCUT2D eigenvalue weighted by molar-refractivity contribution is -0.115. The summed E-state index contributed by atoms with van der Waals surface area (Å²) in [6.07, 6.45) is 0. The second-order valence-corrected chi connectivity index (χ2v) is 6.53. The highest BCUT2D eigenvalue weighted by atomic mass is 16.5. The zero-order valence-corrected chi connectivity index (χ0v) is 16.2. The van der Waals surface area contributed by atoms with Gasteiger partial charge in [-0.2, -0.15) is 0 Å². The molecule has 0 aliphatic carbocycles. The molecule has 6 nitrogen and oxygen atoms in total. The van der Waals surface area contributed by atoms with Crippen LogP contribution in [0.1, 0.15) is 6.92 Å². The van der Waals surface area contributed by atoms with Crippen LogP contribution in [0.4, 0.5) is 17.1 Å². The molecule has 0 spiro atoms. The molecule has 0 saturated heterocycles. The highest BCUT2D eigenvalue weighted by Gasteiger charge is 2.12. The molecule has 3 rings (SSSR count). The number of amides is 2. The molecule has 0 bridgehead atoms. The summed E-state index contributed by atoms with van der Waals surface area (Å²) < 4.78 is 5.30. The normalized spacial score (nSPS) is 10.4. The van der Waals surface area contributed by atoms with Gasteiger partial charge in [0.25, 0.3) is 0 Å². The van der Waals surface area contributed by atoms with Crippen molar-refractivity contribution in [2.45, 2.75) is 6.92 Å². The highest BCUT2D eigenvalue weighted by Crippen LogP contribution is 2.28. The van der Waals surface area contributed by atoms with Gasteiger partial charge in [-0.15, -0.1) is 0 Å². The number of benzene rings is 3. The van der Waals surface area contributed by atoms with Gasteiger partial charge in [0.2, 0.25) is 11.8 Å². The Bertz CT molecular complexity index is 1020. The Labute approximate surface area is 164 Å². The van der Waals surface area contributed by atoms with E-state index in [-0.39, 0.29) is 18.4 Å². The first-order valence-corrected chi connectivity index (χ1v) is 8.91. The van der Waals surface area contributed by atoms with Crippen LogP contribution in [0, 0.1) is 0 Å². The molecule has 0 unspecified atom stereocenters. The maximum absolute atomic E-state index is 12.6. The van der Waals surface area contributed by atoms with Crippen LogP contribution in [0.5, 0.6) is 5.75 Å². The second-order valence-electron chi connectivity index (χ2n) is 6.53. The number of anilines is 3. The number of hydrogen-bond donors (Lipinski definition) is 2. The topological polar surface area (TPSA) is 70.7 Å². The summed E-state index contributed by atoms with van der Waals surface area (Å²) in [6.45, 7) is 1.60. The minimum atomic E-state index is -0.186. The summed E-state index contributed by atoms with van der Waals surface area (Å²) in [6, 6.07) is 19.3. The fourth-order valence-corrected chi connectivity index (χ4v) is 3.00. The third-order valence-corrected chi connectivity index (χ3v) is 4.35. The average molecular weight is 377 g/mol. The van der Waals surface area contributed by atoms with Crippen LogP contribution in [0.3, 0.4) is 0 Å². The lowest BCUT2D eigenvalue weighted by Gasteiger charge is -2.20. The fourth-order valence-electron chi connectivity index (χ4n) is 3.00. The zero-order chi connectivity index (χ0) is 20.1. The lowest BCUT2D eigenvalue weighted by Crippen LogP contribution is -2.30. The van der Waals surface area contributed by atoms with E-state index in [4.69, 9.17) is 4.74 Å². The quantitative estimate of drug-likeness (QED) is 0.684. The summed E-state index contributed by atoms with van der Waals surface area (Å²) in [5, 5.41) is 7.83. The van der Waals surface area contributed by atoms with E-state index in [0.29, 0.717) is 17.1 Å². The summed E-state index contributed by atoms with van der Waals surface area (Å²) >= 11 is 0. The van der Waals surface area contributed by atoms with Crippen LogP contribution in [-0.2, 0) is 9.59 Å². The Morgan fingerprint density at radius 3 is 2.43 bits per heavy atom. The number of methoxy groups -OCH3 is 1. The predicted molar refractivity (Wildman–Crippen MR) is 113 cm³/mol. The van der Waals surface area contributed by atoms with Crippen molar-refractivity contribution in [3.8, 4) is 5.75 Å². The van der Waals surface area contributed by atoms with Gasteiger partial charge >= 0.3 is 0 Å². The number of carbonyl (C=O) groups is 2. The molecule has 144 valence electrons. The SMILES string of the molecule is COc1ccc(NC(C)=O)cc1NC(=O)CN(C)c1ccc2ccccc2c1. The van der Waals surface area contributed by atoms with Gasteiger partial charge in [-0.05, 0) is 41.1 Å². The highest BCUT2D eigenvalue weighted by molar-refractivity contribution is 5.97. The van der Waals surface area contributed by atoms with E-state index in [1.807, 2.05) is 42.3 Å². The van der Waals surface area contributed by atoms with Crippen molar-refractivity contribution in [2.75, 3.05) is 36.2 Å². The van der Waals surface area contributed by atoms with E-state index in [0.717, 1.165) is 16.5 Å². The molecule has 0 saturated carbocycles. The molecular formula is C22H23N3O3. The van der Waals surface area contributed by atoms with Gasteiger partial charge in [-0.25, -0.2) is 0 Å². The van der Waals surface area contributed by atoms with Crippen LogP contribution in [0.2, 0.25) is 0 Å². The molecule has 2 N–H and O–H groups in total. The molecule has 3 aromatic carbocycles. The van der Waals surface area contributed by atoms with Crippen molar-refractivity contribution in [2.24, 2.45) is 0 Å². The van der Waals surface area contributed by atoms with Crippen molar-refractivity contribution in [3.63, 3.8) is 0 Å². The molecule has 28 heavy (non-hydrogen) atoms. The van der Waals surface area contributed by atoms with Gasteiger partial charge < -0.3 is 20.3 Å². The number of hydrogen-bond acceptors (Lipinski definition) is 4. The van der Waals surface area contributed by atoms with E-state index in [1.165, 1.54) is 14.0 Å². The third-order valence-electron chi connectivity index (χ3n) is 4.35. The smallest absolute Gasteiger partial charge is 0.243 e. The Morgan fingerprint density at radius 1 is 0.964 bits per heavy atom. The second kappa shape index (κ2) is 8.43. The van der Waals surface area contributed by atoms with Crippen LogP contribution in [0.25, 0.3) is 10.8 Å². The van der Waals surface area contributed by atoms with Gasteiger partial charge in [0.05, 0.1) is 19.3 Å². The molecule has 0 atom stereocenters. The number of rotatable bonds is 6. The van der Waals surface area contributed by atoms with Crippen molar-refractivity contribution in [3.05, 3.63) is 60.7 Å². The van der Waals surface area contributed by atoms with Gasteiger partial charge in [0.15, 0.2) is 0 Å². The minimum absolute atomic E-state index is 0.172. The first-order chi connectivity index (χ1) is 13.5. The van der Waals surface area contributed by atoms with E-state index >= 15 is 0 Å². The predicted octanol–water partition coefficient (Wildman–Crippen LogP) is 3.88. The van der Waals surface area contributed by atoms with Crippen molar-refractivity contribution >= 4 is 39.6 Å². The van der Waals surface area contributed by atoms with E-state index in [9.17, 15) is 9.59 Å². The van der Waals surface area contributed by atoms with Crippen LogP contribution in [-0.4, -0.2) is 32.5 Å². The maximum atomic E-state index is 12.6. The molecule has 0 aromatic heterocycles. The monoisotopic (exact) mass is 377 g/mol. The number of ether oxygens (including phenoxy) is 1. The lowest BCUT2D eigenvalue weighted by atomic mass is 10.1. The van der Waals surface area contributed by atoms with E-state index in [1.54, 1.807) is 18.2 Å². The number of fused-ring (bicyclic) bond motifs is 1. The van der Waals surface area contributed by atoms with Crippen molar-refractivity contribution in [1.82, 2.24) is 0 Å². The largest absolute Gasteiger partial charge is 0.495 e. The van der Waals surface area contributed by atoms with Gasteiger partial charge in [-0.3, -0.25) is 9.59 Å². The Kier molecular flexibility index (Phi) is 5.79. The Hall–Kier alpha value is -3.54. The fraction of sp³-hybridized carbons (Fsp3) is 0.182. The number of nitrogens with zero attached hydrogens (tertiary/aromatic N) is 1. The molecule has 0 aliphatic rings. The first-order valence-electron chi connectivity index (χ1n) is 8.91. The first kappa shape index (κ1) is 19.2. The molecular weight excluding hydrogens is 354 g/mol. The minimum Gasteiger partial charge on any atom is -0.495 e. The number of likely N-dealkylation sites (N-methyl/N-ethyl adjacent to an activating group) is 1. The summed E-state index contributed by atoms with van der Waals surface area (Å²) in [5.41, 5.74) is 2.05. The third kappa shape index (κ3) is 4.59. The Morgan fingerprint density at radius 2 is 1.71 bits per heavy atom.